The third-order valence-electron chi connectivity index (χ3n) is 3.67. The minimum Gasteiger partial charge on any atom is -0.456 e. The molecule has 2 amide bonds. The van der Waals surface area contributed by atoms with Crippen LogP contribution in [0.5, 0.6) is 11.5 Å². The summed E-state index contributed by atoms with van der Waals surface area (Å²) in [5.41, 5.74) is 1.72. The number of hydrogen-bond donors (Lipinski definition) is 2. The number of anilines is 1. The van der Waals surface area contributed by atoms with E-state index in [4.69, 9.17) is 9.84 Å². The summed E-state index contributed by atoms with van der Waals surface area (Å²) in [6.45, 7) is 1.58. The van der Waals surface area contributed by atoms with Crippen LogP contribution in [0.15, 0.2) is 54.5 Å². The second-order valence-corrected chi connectivity index (χ2v) is 5.47. The Kier molecular flexibility index (Phi) is 4.76. The van der Waals surface area contributed by atoms with E-state index in [0.717, 1.165) is 10.5 Å². The van der Waals surface area contributed by atoms with Gasteiger partial charge in [-0.25, -0.2) is 0 Å². The molecule has 3 rings (SSSR count). The molecule has 0 saturated carbocycles. The minimum atomic E-state index is -0.450. The molecule has 128 valence electrons. The molecule has 0 unspecified atom stereocenters. The Morgan fingerprint density at radius 2 is 2.08 bits per heavy atom. The maximum atomic E-state index is 12.2. The molecule has 7 heteroatoms. The average molecular weight is 339 g/mol. The Labute approximate surface area is 144 Å². The average Bonchev–Trinajstić information content (AvgIpc) is 2.86. The predicted octanol–water partition coefficient (Wildman–Crippen LogP) is 1.84. The van der Waals surface area contributed by atoms with Crippen molar-refractivity contribution in [1.29, 1.82) is 0 Å². The second-order valence-electron chi connectivity index (χ2n) is 5.47. The van der Waals surface area contributed by atoms with Crippen molar-refractivity contribution in [3.05, 3.63) is 60.1 Å². The highest BCUT2D eigenvalue weighted by molar-refractivity contribution is 6.17. The number of β-amino-alcohol motifs (C(OH)–C–C–N with tert-alkyl or cyclic N) is 1. The molecular weight excluding hydrogens is 322 g/mol. The van der Waals surface area contributed by atoms with Gasteiger partial charge >= 0.3 is 0 Å². The van der Waals surface area contributed by atoms with Crippen molar-refractivity contribution >= 4 is 17.5 Å². The van der Waals surface area contributed by atoms with Crippen molar-refractivity contribution < 1.29 is 19.4 Å². The minimum absolute atomic E-state index is 0.0176. The van der Waals surface area contributed by atoms with Crippen LogP contribution < -0.4 is 10.1 Å². The number of benzene rings is 1. The van der Waals surface area contributed by atoms with Gasteiger partial charge in [-0.05, 0) is 42.8 Å². The highest BCUT2D eigenvalue weighted by Crippen LogP contribution is 2.27. The first-order valence-corrected chi connectivity index (χ1v) is 7.72. The first-order chi connectivity index (χ1) is 12.1. The molecule has 0 fully saturated rings. The van der Waals surface area contributed by atoms with Crippen molar-refractivity contribution in [3.63, 3.8) is 0 Å². The van der Waals surface area contributed by atoms with Gasteiger partial charge in [0.25, 0.3) is 11.8 Å². The summed E-state index contributed by atoms with van der Waals surface area (Å²) in [6.07, 6.45) is 4.52. The predicted molar refractivity (Wildman–Crippen MR) is 91.0 cm³/mol. The summed E-state index contributed by atoms with van der Waals surface area (Å²) in [5.74, 6) is 0.382. The molecule has 1 aliphatic heterocycles. The highest BCUT2D eigenvalue weighted by Gasteiger charge is 2.30. The Hall–Kier alpha value is -3.19. The third-order valence-corrected chi connectivity index (χ3v) is 3.67. The highest BCUT2D eigenvalue weighted by atomic mass is 16.5. The van der Waals surface area contributed by atoms with Crippen LogP contribution >= 0.6 is 0 Å². The number of hydrogen-bond acceptors (Lipinski definition) is 6. The zero-order valence-electron chi connectivity index (χ0n) is 13.6. The van der Waals surface area contributed by atoms with Gasteiger partial charge in [0.1, 0.15) is 17.2 Å². The lowest BCUT2D eigenvalue weighted by atomic mass is 10.2. The van der Waals surface area contributed by atoms with Gasteiger partial charge in [-0.2, -0.15) is 0 Å². The molecule has 2 N–H and O–H groups in total. The lowest BCUT2D eigenvalue weighted by Gasteiger charge is -2.15. The van der Waals surface area contributed by atoms with Gasteiger partial charge in [-0.15, -0.1) is 0 Å². The molecule has 0 bridgehead atoms. The van der Waals surface area contributed by atoms with Crippen LogP contribution in [0.2, 0.25) is 0 Å². The van der Waals surface area contributed by atoms with E-state index in [2.05, 4.69) is 10.3 Å². The lowest BCUT2D eigenvalue weighted by Crippen LogP contribution is -2.34. The Morgan fingerprint density at radius 1 is 1.24 bits per heavy atom. The van der Waals surface area contributed by atoms with Gasteiger partial charge in [-0.3, -0.25) is 19.5 Å². The molecule has 0 radical (unpaired) electrons. The lowest BCUT2D eigenvalue weighted by molar-refractivity contribution is -0.137. The van der Waals surface area contributed by atoms with Gasteiger partial charge in [-0.1, -0.05) is 0 Å². The van der Waals surface area contributed by atoms with E-state index in [1.165, 1.54) is 6.08 Å². The Morgan fingerprint density at radius 3 is 2.76 bits per heavy atom. The molecule has 2 aromatic rings. The van der Waals surface area contributed by atoms with Gasteiger partial charge in [0.15, 0.2) is 0 Å². The van der Waals surface area contributed by atoms with E-state index >= 15 is 0 Å². The summed E-state index contributed by atoms with van der Waals surface area (Å²) >= 11 is 0. The molecule has 25 heavy (non-hydrogen) atoms. The molecule has 2 heterocycles. The van der Waals surface area contributed by atoms with Crippen LogP contribution in [0.3, 0.4) is 0 Å². The summed E-state index contributed by atoms with van der Waals surface area (Å²) in [5, 5.41) is 11.9. The summed E-state index contributed by atoms with van der Waals surface area (Å²) in [6, 6.07) is 8.94. The molecular formula is C18H17N3O4. The van der Waals surface area contributed by atoms with Crippen LogP contribution in [-0.2, 0) is 9.59 Å². The van der Waals surface area contributed by atoms with Crippen molar-refractivity contribution in [1.82, 2.24) is 9.88 Å². The number of aromatic nitrogens is 1. The van der Waals surface area contributed by atoms with Crippen molar-refractivity contribution in [2.45, 2.75) is 6.92 Å². The number of amides is 2. The number of ether oxygens (including phenoxy) is 1. The van der Waals surface area contributed by atoms with Crippen molar-refractivity contribution in [2.24, 2.45) is 0 Å². The topological polar surface area (TPSA) is 91.8 Å². The molecule has 1 aromatic carbocycles. The van der Waals surface area contributed by atoms with Gasteiger partial charge < -0.3 is 15.2 Å². The molecule has 0 saturated heterocycles. The van der Waals surface area contributed by atoms with Crippen LogP contribution in [0.25, 0.3) is 0 Å². The number of nitrogens with one attached hydrogen (secondary N) is 1. The molecule has 0 aliphatic carbocycles. The zero-order chi connectivity index (χ0) is 17.8. The molecule has 7 nitrogen and oxygen atoms in total. The number of carbonyl (C=O) groups is 2. The van der Waals surface area contributed by atoms with Crippen LogP contribution in [0.1, 0.15) is 5.56 Å². The molecule has 1 aromatic heterocycles. The number of carbonyl (C=O) groups excluding carboxylic acids is 2. The van der Waals surface area contributed by atoms with Crippen molar-refractivity contribution in [3.8, 4) is 11.5 Å². The summed E-state index contributed by atoms with van der Waals surface area (Å²) < 4.78 is 5.71. The van der Waals surface area contributed by atoms with Gasteiger partial charge in [0.05, 0.1) is 19.3 Å². The number of rotatable bonds is 6. The standard InChI is InChI=1S/C18H17N3O4/c1-12-9-13(25-14-3-2-6-19-11-14)4-5-15(12)20-16-10-17(23)21(7-8-22)18(16)24/h2-6,9-11,20,22H,7-8H2,1H3. The summed E-state index contributed by atoms with van der Waals surface area (Å²) in [4.78, 5) is 28.9. The number of nitrogens with zero attached hydrogens (tertiary/aromatic N) is 2. The van der Waals surface area contributed by atoms with E-state index in [-0.39, 0.29) is 18.8 Å². The number of aliphatic hydroxyl groups excluding tert-OH is 1. The normalized spacial score (nSPS) is 13.8. The Balaban J connectivity index is 1.73. The number of aryl methyl sites for hydroxylation is 1. The maximum Gasteiger partial charge on any atom is 0.277 e. The van der Waals surface area contributed by atoms with E-state index in [1.807, 2.05) is 13.0 Å². The fraction of sp³-hybridized carbons (Fsp3) is 0.167. The van der Waals surface area contributed by atoms with Crippen LogP contribution in [0.4, 0.5) is 5.69 Å². The van der Waals surface area contributed by atoms with E-state index < -0.39 is 11.8 Å². The van der Waals surface area contributed by atoms with Crippen LogP contribution in [-0.4, -0.2) is 40.0 Å². The van der Waals surface area contributed by atoms with Gasteiger partial charge in [0, 0.05) is 18.0 Å². The first-order valence-electron chi connectivity index (χ1n) is 7.72. The third kappa shape index (κ3) is 3.67. The Bertz CT molecular complexity index is 833. The van der Waals surface area contributed by atoms with Crippen LogP contribution in [0, 0.1) is 6.92 Å². The number of aliphatic hydroxyl groups is 1. The fourth-order valence-electron chi connectivity index (χ4n) is 2.44. The quantitative estimate of drug-likeness (QED) is 0.780. The monoisotopic (exact) mass is 339 g/mol. The number of pyridine rings is 1. The largest absolute Gasteiger partial charge is 0.456 e. The summed E-state index contributed by atoms with van der Waals surface area (Å²) in [7, 11) is 0. The smallest absolute Gasteiger partial charge is 0.277 e. The van der Waals surface area contributed by atoms with E-state index in [9.17, 15) is 9.59 Å². The second kappa shape index (κ2) is 7.14. The first kappa shape index (κ1) is 16.7. The number of imide groups is 1. The fourth-order valence-corrected chi connectivity index (χ4v) is 2.44. The zero-order valence-corrected chi connectivity index (χ0v) is 13.6. The molecule has 1 aliphatic rings. The van der Waals surface area contributed by atoms with Crippen molar-refractivity contribution in [2.75, 3.05) is 18.5 Å². The maximum absolute atomic E-state index is 12.2. The van der Waals surface area contributed by atoms with Gasteiger partial charge in [0.2, 0.25) is 0 Å². The SMILES string of the molecule is Cc1cc(Oc2cccnc2)ccc1NC1=CC(=O)N(CCO)C1=O. The van der Waals surface area contributed by atoms with E-state index in [1.54, 1.807) is 36.7 Å². The molecule has 0 atom stereocenters. The molecule has 0 spiro atoms. The van der Waals surface area contributed by atoms with E-state index in [0.29, 0.717) is 17.2 Å².